The Morgan fingerprint density at radius 2 is 1.84 bits per heavy atom. The zero-order chi connectivity index (χ0) is 14.6. The second-order valence-electron chi connectivity index (χ2n) is 5.50. The molecule has 0 aliphatic carbocycles. The summed E-state index contributed by atoms with van der Waals surface area (Å²) in [6.45, 7) is 11.7. The third-order valence-corrected chi connectivity index (χ3v) is 2.71. The summed E-state index contributed by atoms with van der Waals surface area (Å²) < 4.78 is 6.39. The number of carbonyl (C=O) groups excluding carboxylic acids is 1. The van der Waals surface area contributed by atoms with Gasteiger partial charge in [-0.25, -0.2) is 4.79 Å². The Hall–Kier alpha value is -1.29. The molecule has 0 bridgehead atoms. The summed E-state index contributed by atoms with van der Waals surface area (Å²) in [6.07, 6.45) is -0.363. The molecule has 3 nitrogen and oxygen atoms in total. The van der Waals surface area contributed by atoms with Gasteiger partial charge in [-0.2, -0.15) is 0 Å². The van der Waals surface area contributed by atoms with Crippen molar-refractivity contribution >= 4 is 27.7 Å². The van der Waals surface area contributed by atoms with E-state index in [2.05, 4.69) is 22.5 Å². The topological polar surface area (TPSA) is 29.5 Å². The summed E-state index contributed by atoms with van der Waals surface area (Å²) in [5.41, 5.74) is 1.17. The van der Waals surface area contributed by atoms with Crippen LogP contribution >= 0.6 is 15.9 Å². The number of hydrogen-bond donors (Lipinski definition) is 0. The summed E-state index contributed by atoms with van der Waals surface area (Å²) >= 11 is 3.38. The molecular weight excluding hydrogens is 306 g/mol. The molecule has 0 spiro atoms. The fourth-order valence-corrected chi connectivity index (χ4v) is 1.73. The number of anilines is 1. The van der Waals surface area contributed by atoms with Crippen LogP contribution in [0.5, 0.6) is 0 Å². The summed E-state index contributed by atoms with van der Waals surface area (Å²) in [4.78, 5) is 13.8. The van der Waals surface area contributed by atoms with E-state index in [1.807, 2.05) is 52.0 Å². The Bertz CT molecular complexity index is 460. The second-order valence-corrected chi connectivity index (χ2v) is 6.42. The van der Waals surface area contributed by atoms with Crippen molar-refractivity contribution in [1.82, 2.24) is 0 Å². The van der Waals surface area contributed by atoms with Crippen LogP contribution in [0.3, 0.4) is 0 Å². The number of hydrogen-bond acceptors (Lipinski definition) is 2. The van der Waals surface area contributed by atoms with E-state index < -0.39 is 5.60 Å². The van der Waals surface area contributed by atoms with Crippen molar-refractivity contribution in [1.29, 1.82) is 0 Å². The van der Waals surface area contributed by atoms with Gasteiger partial charge >= 0.3 is 6.09 Å². The van der Waals surface area contributed by atoms with Crippen LogP contribution in [0.4, 0.5) is 10.5 Å². The van der Waals surface area contributed by atoms with E-state index in [0.29, 0.717) is 6.54 Å². The van der Waals surface area contributed by atoms with Crippen LogP contribution in [0.2, 0.25) is 0 Å². The van der Waals surface area contributed by atoms with Gasteiger partial charge in [0.1, 0.15) is 5.60 Å². The Labute approximate surface area is 123 Å². The van der Waals surface area contributed by atoms with Crippen molar-refractivity contribution in [3.05, 3.63) is 40.9 Å². The van der Waals surface area contributed by atoms with Gasteiger partial charge in [-0.05, 0) is 52.0 Å². The molecule has 0 saturated heterocycles. The highest BCUT2D eigenvalue weighted by atomic mass is 79.9. The van der Waals surface area contributed by atoms with Crippen molar-refractivity contribution in [3.63, 3.8) is 0 Å². The largest absolute Gasteiger partial charge is 0.443 e. The van der Waals surface area contributed by atoms with E-state index in [1.54, 1.807) is 4.90 Å². The first-order chi connectivity index (χ1) is 8.69. The molecule has 104 valence electrons. The molecule has 0 aliphatic heterocycles. The SMILES string of the molecule is C=C(C)CN(C(=O)OC(C)(C)C)c1ccc(Br)cc1. The zero-order valence-electron chi connectivity index (χ0n) is 11.9. The van der Waals surface area contributed by atoms with Crippen molar-refractivity contribution in [2.45, 2.75) is 33.3 Å². The summed E-state index contributed by atoms with van der Waals surface area (Å²) in [5, 5.41) is 0. The first-order valence-corrected chi connectivity index (χ1v) is 6.89. The minimum absolute atomic E-state index is 0.363. The van der Waals surface area contributed by atoms with Gasteiger partial charge in [0.05, 0.1) is 0 Å². The van der Waals surface area contributed by atoms with Crippen LogP contribution in [0, 0.1) is 0 Å². The van der Waals surface area contributed by atoms with Crippen molar-refractivity contribution in [2.24, 2.45) is 0 Å². The zero-order valence-corrected chi connectivity index (χ0v) is 13.5. The van der Waals surface area contributed by atoms with E-state index in [9.17, 15) is 4.79 Å². The van der Waals surface area contributed by atoms with Crippen molar-refractivity contribution in [3.8, 4) is 0 Å². The quantitative estimate of drug-likeness (QED) is 0.749. The molecule has 0 unspecified atom stereocenters. The van der Waals surface area contributed by atoms with Gasteiger partial charge < -0.3 is 4.74 Å². The highest BCUT2D eigenvalue weighted by Crippen LogP contribution is 2.21. The van der Waals surface area contributed by atoms with E-state index in [0.717, 1.165) is 15.7 Å². The summed E-state index contributed by atoms with van der Waals surface area (Å²) in [6, 6.07) is 7.53. The molecule has 0 fully saturated rings. The van der Waals surface area contributed by atoms with Crippen LogP contribution < -0.4 is 4.90 Å². The van der Waals surface area contributed by atoms with Crippen LogP contribution in [-0.4, -0.2) is 18.2 Å². The standard InChI is InChI=1S/C15H20BrNO2/c1-11(2)10-17(14(18)19-15(3,4)5)13-8-6-12(16)7-9-13/h6-9H,1,10H2,2-5H3. The lowest BCUT2D eigenvalue weighted by atomic mass is 10.2. The number of benzene rings is 1. The number of amides is 1. The van der Waals surface area contributed by atoms with Gasteiger partial charge in [-0.3, -0.25) is 4.90 Å². The fourth-order valence-electron chi connectivity index (χ4n) is 1.47. The minimum Gasteiger partial charge on any atom is -0.443 e. The third-order valence-electron chi connectivity index (χ3n) is 2.18. The fraction of sp³-hybridized carbons (Fsp3) is 0.400. The van der Waals surface area contributed by atoms with Gasteiger partial charge in [0.15, 0.2) is 0 Å². The Morgan fingerprint density at radius 1 is 1.32 bits per heavy atom. The maximum absolute atomic E-state index is 12.2. The number of halogens is 1. The Balaban J connectivity index is 2.97. The van der Waals surface area contributed by atoms with E-state index in [4.69, 9.17) is 4.74 Å². The predicted octanol–water partition coefficient (Wildman–Crippen LogP) is 4.77. The van der Waals surface area contributed by atoms with Crippen LogP contribution in [0.15, 0.2) is 40.9 Å². The molecule has 19 heavy (non-hydrogen) atoms. The van der Waals surface area contributed by atoms with Crippen LogP contribution in [-0.2, 0) is 4.74 Å². The highest BCUT2D eigenvalue weighted by molar-refractivity contribution is 9.10. The molecule has 1 rings (SSSR count). The summed E-state index contributed by atoms with van der Waals surface area (Å²) in [5.74, 6) is 0. The highest BCUT2D eigenvalue weighted by Gasteiger charge is 2.23. The van der Waals surface area contributed by atoms with E-state index >= 15 is 0 Å². The second kappa shape index (κ2) is 6.24. The molecule has 1 aromatic rings. The molecule has 0 saturated carbocycles. The monoisotopic (exact) mass is 325 g/mol. The number of nitrogens with zero attached hydrogens (tertiary/aromatic N) is 1. The Kier molecular flexibility index (Phi) is 5.18. The number of rotatable bonds is 3. The maximum Gasteiger partial charge on any atom is 0.415 e. The molecule has 1 amide bonds. The molecule has 0 N–H and O–H groups in total. The molecular formula is C15H20BrNO2. The molecule has 0 aliphatic rings. The minimum atomic E-state index is -0.514. The molecule has 0 heterocycles. The van der Waals surface area contributed by atoms with Crippen molar-refractivity contribution < 1.29 is 9.53 Å². The molecule has 4 heteroatoms. The Morgan fingerprint density at radius 3 is 2.26 bits per heavy atom. The van der Waals surface area contributed by atoms with Gasteiger partial charge in [-0.1, -0.05) is 28.1 Å². The van der Waals surface area contributed by atoms with Gasteiger partial charge in [0.2, 0.25) is 0 Å². The first kappa shape index (κ1) is 15.8. The van der Waals surface area contributed by atoms with Gasteiger partial charge in [0.25, 0.3) is 0 Å². The third kappa shape index (κ3) is 5.47. The van der Waals surface area contributed by atoms with Gasteiger partial charge in [-0.15, -0.1) is 0 Å². The van der Waals surface area contributed by atoms with E-state index in [1.165, 1.54) is 0 Å². The predicted molar refractivity (Wildman–Crippen MR) is 82.5 cm³/mol. The molecule has 0 atom stereocenters. The van der Waals surface area contributed by atoms with Crippen molar-refractivity contribution in [2.75, 3.05) is 11.4 Å². The summed E-state index contributed by atoms with van der Waals surface area (Å²) in [7, 11) is 0. The average molecular weight is 326 g/mol. The smallest absolute Gasteiger partial charge is 0.415 e. The normalized spacial score (nSPS) is 11.0. The van der Waals surface area contributed by atoms with E-state index in [-0.39, 0.29) is 6.09 Å². The van der Waals surface area contributed by atoms with Gasteiger partial charge in [0, 0.05) is 16.7 Å². The lowest BCUT2D eigenvalue weighted by Gasteiger charge is -2.27. The molecule has 0 radical (unpaired) electrons. The number of carbonyl (C=O) groups is 1. The molecule has 1 aromatic carbocycles. The number of ether oxygens (including phenoxy) is 1. The lowest BCUT2D eigenvalue weighted by Crippen LogP contribution is -2.37. The lowest BCUT2D eigenvalue weighted by molar-refractivity contribution is 0.0583. The molecule has 0 aromatic heterocycles. The maximum atomic E-state index is 12.2. The average Bonchev–Trinajstić information content (AvgIpc) is 2.24. The van der Waals surface area contributed by atoms with Crippen LogP contribution in [0.1, 0.15) is 27.7 Å². The first-order valence-electron chi connectivity index (χ1n) is 6.09. The van der Waals surface area contributed by atoms with Crippen LogP contribution in [0.25, 0.3) is 0 Å².